The lowest BCUT2D eigenvalue weighted by atomic mass is 10.1. The molecule has 0 heterocycles. The first-order chi connectivity index (χ1) is 9.04. The molecule has 0 bridgehead atoms. The molecule has 0 saturated carbocycles. The minimum Gasteiger partial charge on any atom is -0.313 e. The van der Waals surface area contributed by atoms with Crippen molar-refractivity contribution < 1.29 is 4.39 Å². The molecule has 19 heavy (non-hydrogen) atoms. The number of hydrogen-bond acceptors (Lipinski definition) is 2. The number of benzene rings is 1. The maximum atomic E-state index is 13.9. The lowest BCUT2D eigenvalue weighted by Gasteiger charge is -2.18. The highest BCUT2D eigenvalue weighted by Crippen LogP contribution is 2.20. The van der Waals surface area contributed by atoms with Crippen molar-refractivity contribution >= 4 is 23.4 Å². The first-order valence-electron chi connectivity index (χ1n) is 6.78. The van der Waals surface area contributed by atoms with Gasteiger partial charge in [-0.2, -0.15) is 11.8 Å². The zero-order valence-electron chi connectivity index (χ0n) is 11.9. The van der Waals surface area contributed by atoms with Crippen LogP contribution in [-0.4, -0.2) is 24.1 Å². The first-order valence-corrected chi connectivity index (χ1v) is 8.31. The number of halogens is 2. The number of hydrogen-bond donors (Lipinski definition) is 1. The van der Waals surface area contributed by atoms with E-state index in [9.17, 15) is 4.39 Å². The third kappa shape index (κ3) is 6.15. The van der Waals surface area contributed by atoms with Gasteiger partial charge in [0, 0.05) is 11.8 Å². The fourth-order valence-corrected chi connectivity index (χ4v) is 3.22. The predicted octanol–water partition coefficient (Wildman–Crippen LogP) is 4.39. The summed E-state index contributed by atoms with van der Waals surface area (Å²) in [6.45, 7) is 7.40. The van der Waals surface area contributed by atoms with E-state index in [-0.39, 0.29) is 10.8 Å². The molecule has 0 radical (unpaired) electrons. The molecule has 0 aliphatic carbocycles. The van der Waals surface area contributed by atoms with Crippen LogP contribution < -0.4 is 5.32 Å². The van der Waals surface area contributed by atoms with E-state index < -0.39 is 0 Å². The Labute approximate surface area is 125 Å². The number of thioether (sulfide) groups is 1. The summed E-state index contributed by atoms with van der Waals surface area (Å²) in [6, 6.07) is 5.52. The third-order valence-electron chi connectivity index (χ3n) is 2.76. The lowest BCUT2D eigenvalue weighted by Crippen LogP contribution is -2.33. The van der Waals surface area contributed by atoms with Gasteiger partial charge in [-0.3, -0.25) is 0 Å². The van der Waals surface area contributed by atoms with Crippen LogP contribution in [0.2, 0.25) is 5.02 Å². The van der Waals surface area contributed by atoms with E-state index in [2.05, 4.69) is 26.1 Å². The van der Waals surface area contributed by atoms with Crippen LogP contribution in [0, 0.1) is 11.7 Å². The summed E-state index contributed by atoms with van der Waals surface area (Å²) in [4.78, 5) is 0. The summed E-state index contributed by atoms with van der Waals surface area (Å²) >= 11 is 7.74. The van der Waals surface area contributed by atoms with Gasteiger partial charge >= 0.3 is 0 Å². The van der Waals surface area contributed by atoms with Gasteiger partial charge in [0.15, 0.2) is 0 Å². The molecule has 0 aliphatic rings. The minimum atomic E-state index is -0.277. The molecule has 1 rings (SSSR count). The SMILES string of the molecule is CCNC(CSCC(C)C)Cc1cccc(Cl)c1F. The van der Waals surface area contributed by atoms with Crippen molar-refractivity contribution in [1.82, 2.24) is 5.32 Å². The third-order valence-corrected chi connectivity index (χ3v) is 4.59. The van der Waals surface area contributed by atoms with E-state index in [1.165, 1.54) is 0 Å². The second kappa shape index (κ2) is 8.83. The Morgan fingerprint density at radius 1 is 1.32 bits per heavy atom. The van der Waals surface area contributed by atoms with Gasteiger partial charge in [-0.15, -0.1) is 0 Å². The molecule has 0 spiro atoms. The smallest absolute Gasteiger partial charge is 0.145 e. The highest BCUT2D eigenvalue weighted by Gasteiger charge is 2.13. The van der Waals surface area contributed by atoms with Crippen LogP contribution in [0.15, 0.2) is 18.2 Å². The Balaban J connectivity index is 2.59. The highest BCUT2D eigenvalue weighted by molar-refractivity contribution is 7.99. The summed E-state index contributed by atoms with van der Waals surface area (Å²) < 4.78 is 13.9. The topological polar surface area (TPSA) is 12.0 Å². The molecule has 108 valence electrons. The fraction of sp³-hybridized carbons (Fsp3) is 0.600. The Hall–Kier alpha value is -0.250. The van der Waals surface area contributed by atoms with Gasteiger partial charge in [0.25, 0.3) is 0 Å². The van der Waals surface area contributed by atoms with E-state index in [1.807, 2.05) is 23.9 Å². The number of nitrogens with one attached hydrogen (secondary N) is 1. The lowest BCUT2D eigenvalue weighted by molar-refractivity contribution is 0.545. The maximum absolute atomic E-state index is 13.9. The molecule has 0 saturated heterocycles. The normalized spacial score (nSPS) is 12.9. The van der Waals surface area contributed by atoms with Crippen LogP contribution in [0.3, 0.4) is 0 Å². The molecule has 1 unspecified atom stereocenters. The van der Waals surface area contributed by atoms with Crippen molar-refractivity contribution in [3.05, 3.63) is 34.6 Å². The molecule has 0 amide bonds. The van der Waals surface area contributed by atoms with Crippen LogP contribution in [0.1, 0.15) is 26.3 Å². The van der Waals surface area contributed by atoms with E-state index in [0.29, 0.717) is 23.9 Å². The van der Waals surface area contributed by atoms with Gasteiger partial charge in [-0.1, -0.05) is 44.5 Å². The van der Waals surface area contributed by atoms with Gasteiger partial charge in [-0.25, -0.2) is 4.39 Å². The Morgan fingerprint density at radius 2 is 2.05 bits per heavy atom. The first kappa shape index (κ1) is 16.8. The molecule has 0 aromatic heterocycles. The van der Waals surface area contributed by atoms with Crippen LogP contribution in [0.25, 0.3) is 0 Å². The molecule has 1 atom stereocenters. The van der Waals surface area contributed by atoms with Crippen molar-refractivity contribution in [2.24, 2.45) is 5.92 Å². The number of rotatable bonds is 8. The van der Waals surface area contributed by atoms with Gasteiger partial charge < -0.3 is 5.32 Å². The summed E-state index contributed by atoms with van der Waals surface area (Å²) in [5.74, 6) is 2.55. The van der Waals surface area contributed by atoms with Crippen molar-refractivity contribution in [3.63, 3.8) is 0 Å². The van der Waals surface area contributed by atoms with Crippen LogP contribution in [-0.2, 0) is 6.42 Å². The van der Waals surface area contributed by atoms with Crippen molar-refractivity contribution in [2.75, 3.05) is 18.1 Å². The van der Waals surface area contributed by atoms with Gasteiger partial charge in [-0.05, 0) is 36.3 Å². The summed E-state index contributed by atoms with van der Waals surface area (Å²) in [7, 11) is 0. The largest absolute Gasteiger partial charge is 0.313 e. The standard InChI is InChI=1S/C15H23ClFNS/c1-4-18-13(10-19-9-11(2)3)8-12-6-5-7-14(16)15(12)17/h5-7,11,13,18H,4,8-10H2,1-3H3. The Morgan fingerprint density at radius 3 is 2.68 bits per heavy atom. The van der Waals surface area contributed by atoms with Gasteiger partial charge in [0.1, 0.15) is 5.82 Å². The number of likely N-dealkylation sites (N-methyl/N-ethyl adjacent to an activating group) is 1. The van der Waals surface area contributed by atoms with E-state index in [4.69, 9.17) is 11.6 Å². The predicted molar refractivity (Wildman–Crippen MR) is 84.7 cm³/mol. The molecule has 0 aliphatic heterocycles. The second-order valence-corrected chi connectivity index (χ2v) is 6.59. The molecule has 1 N–H and O–H groups in total. The molecule has 1 aromatic carbocycles. The molecule has 1 nitrogen and oxygen atoms in total. The summed E-state index contributed by atoms with van der Waals surface area (Å²) in [5, 5.41) is 3.63. The molecule has 4 heteroatoms. The summed E-state index contributed by atoms with van der Waals surface area (Å²) in [5.41, 5.74) is 0.698. The second-order valence-electron chi connectivity index (χ2n) is 5.10. The quantitative estimate of drug-likeness (QED) is 0.764. The van der Waals surface area contributed by atoms with Crippen molar-refractivity contribution in [1.29, 1.82) is 0 Å². The molecule has 1 aromatic rings. The zero-order valence-corrected chi connectivity index (χ0v) is 13.5. The van der Waals surface area contributed by atoms with Crippen molar-refractivity contribution in [3.8, 4) is 0 Å². The van der Waals surface area contributed by atoms with Crippen LogP contribution in [0.4, 0.5) is 4.39 Å². The van der Waals surface area contributed by atoms with Gasteiger partial charge in [0.05, 0.1) is 5.02 Å². The average molecular weight is 304 g/mol. The molecular weight excluding hydrogens is 281 g/mol. The maximum Gasteiger partial charge on any atom is 0.145 e. The molecule has 0 fully saturated rings. The van der Waals surface area contributed by atoms with Crippen LogP contribution >= 0.6 is 23.4 Å². The monoisotopic (exact) mass is 303 g/mol. The van der Waals surface area contributed by atoms with Crippen LogP contribution in [0.5, 0.6) is 0 Å². The van der Waals surface area contributed by atoms with Crippen molar-refractivity contribution in [2.45, 2.75) is 33.2 Å². The van der Waals surface area contributed by atoms with E-state index in [0.717, 1.165) is 18.1 Å². The van der Waals surface area contributed by atoms with E-state index in [1.54, 1.807) is 6.07 Å². The summed E-state index contributed by atoms with van der Waals surface area (Å²) in [6.07, 6.45) is 0.686. The fourth-order valence-electron chi connectivity index (χ4n) is 1.90. The highest BCUT2D eigenvalue weighted by atomic mass is 35.5. The van der Waals surface area contributed by atoms with Gasteiger partial charge in [0.2, 0.25) is 0 Å². The average Bonchev–Trinajstić information content (AvgIpc) is 2.34. The Bertz CT molecular complexity index is 384. The Kier molecular flexibility index (Phi) is 7.81. The minimum absolute atomic E-state index is 0.211. The zero-order chi connectivity index (χ0) is 14.3. The van der Waals surface area contributed by atoms with E-state index >= 15 is 0 Å². The molecular formula is C15H23ClFNS.